The molecule has 3 aromatic heterocycles. The van der Waals surface area contributed by atoms with Crippen molar-refractivity contribution in [3.05, 3.63) is 52.5 Å². The Balaban J connectivity index is 1.32. The number of ketones is 1. The molecule has 0 bridgehead atoms. The first-order valence-electron chi connectivity index (χ1n) is 11.9. The van der Waals surface area contributed by atoms with Crippen LogP contribution < -0.4 is 11.1 Å². The van der Waals surface area contributed by atoms with Crippen LogP contribution in [-0.2, 0) is 22.5 Å². The molecule has 3 heterocycles. The highest BCUT2D eigenvalue weighted by Crippen LogP contribution is 2.29. The second-order valence-electron chi connectivity index (χ2n) is 8.44. The van der Waals surface area contributed by atoms with E-state index in [1.54, 1.807) is 7.11 Å². The summed E-state index contributed by atoms with van der Waals surface area (Å²) in [6.45, 7) is 1.93. The van der Waals surface area contributed by atoms with Crippen molar-refractivity contribution in [2.45, 2.75) is 45.1 Å². The number of nitrogens with zero attached hydrogens (tertiary/aromatic N) is 3. The number of anilines is 1. The summed E-state index contributed by atoms with van der Waals surface area (Å²) in [5.74, 6) is 1.45. The van der Waals surface area contributed by atoms with Gasteiger partial charge >= 0.3 is 0 Å². The van der Waals surface area contributed by atoms with E-state index in [1.807, 2.05) is 41.8 Å². The maximum atomic E-state index is 12.2. The fourth-order valence-electron chi connectivity index (χ4n) is 4.21. The van der Waals surface area contributed by atoms with Crippen LogP contribution in [0.1, 0.15) is 47.6 Å². The van der Waals surface area contributed by atoms with Crippen molar-refractivity contribution >= 4 is 50.8 Å². The minimum Gasteiger partial charge on any atom is -0.384 e. The molecule has 1 aromatic carbocycles. The third kappa shape index (κ3) is 6.04. The lowest BCUT2D eigenvalue weighted by Crippen LogP contribution is -2.24. The van der Waals surface area contributed by atoms with Gasteiger partial charge in [0.15, 0.2) is 11.6 Å². The molecule has 1 amide bonds. The topological polar surface area (TPSA) is 112 Å². The number of nitrogens with one attached hydrogen (secondary N) is 1. The standard InChI is InChI=1S/C26H31N5O3S/c1-34-16-13-22-30-24-25(18-8-2-3-9-19(18)29-26(24)27)31(22)15-5-4-14-28-23(33)12-6-10-20(32)21-11-7-17-35-21/h2-3,7-9,11,17H,4-6,10,12-16H2,1H3,(H2,27,29)(H,28,33). The number of imidazole rings is 1. The van der Waals surface area contributed by atoms with Crippen molar-refractivity contribution in [2.24, 2.45) is 0 Å². The number of carbonyl (C=O) groups excluding carboxylic acids is 2. The fourth-order valence-corrected chi connectivity index (χ4v) is 4.91. The molecule has 35 heavy (non-hydrogen) atoms. The number of pyridine rings is 1. The van der Waals surface area contributed by atoms with E-state index in [0.29, 0.717) is 44.7 Å². The highest BCUT2D eigenvalue weighted by atomic mass is 32.1. The van der Waals surface area contributed by atoms with Crippen molar-refractivity contribution in [1.82, 2.24) is 19.9 Å². The molecule has 4 rings (SSSR count). The zero-order valence-electron chi connectivity index (χ0n) is 20.0. The zero-order valence-corrected chi connectivity index (χ0v) is 20.8. The van der Waals surface area contributed by atoms with Gasteiger partial charge < -0.3 is 20.4 Å². The Labute approximate surface area is 208 Å². The normalized spacial score (nSPS) is 11.3. The van der Waals surface area contributed by atoms with Crippen LogP contribution in [0.25, 0.3) is 21.9 Å². The van der Waals surface area contributed by atoms with Gasteiger partial charge in [-0.1, -0.05) is 24.3 Å². The molecule has 0 saturated carbocycles. The number of para-hydroxylation sites is 1. The molecule has 0 spiro atoms. The number of aromatic nitrogens is 3. The van der Waals surface area contributed by atoms with E-state index >= 15 is 0 Å². The van der Waals surface area contributed by atoms with E-state index in [9.17, 15) is 9.59 Å². The monoisotopic (exact) mass is 493 g/mol. The third-order valence-corrected chi connectivity index (χ3v) is 6.86. The molecule has 8 nitrogen and oxygen atoms in total. The molecule has 0 aliphatic heterocycles. The summed E-state index contributed by atoms with van der Waals surface area (Å²) in [5, 5.41) is 5.89. The maximum Gasteiger partial charge on any atom is 0.220 e. The molecule has 0 fully saturated rings. The number of hydrogen-bond acceptors (Lipinski definition) is 7. The van der Waals surface area contributed by atoms with Crippen LogP contribution in [0.5, 0.6) is 0 Å². The van der Waals surface area contributed by atoms with Gasteiger partial charge in [0, 0.05) is 44.8 Å². The van der Waals surface area contributed by atoms with Crippen molar-refractivity contribution in [2.75, 3.05) is 26.0 Å². The van der Waals surface area contributed by atoms with Gasteiger partial charge in [-0.25, -0.2) is 9.97 Å². The number of aryl methyl sites for hydroxylation is 1. The number of unbranched alkanes of at least 4 members (excludes halogenated alkanes) is 1. The van der Waals surface area contributed by atoms with Crippen LogP contribution in [0.2, 0.25) is 0 Å². The number of benzene rings is 1. The van der Waals surface area contributed by atoms with Gasteiger partial charge in [0.05, 0.1) is 22.5 Å². The van der Waals surface area contributed by atoms with Gasteiger partial charge in [0.25, 0.3) is 0 Å². The van der Waals surface area contributed by atoms with Crippen molar-refractivity contribution in [1.29, 1.82) is 0 Å². The SMILES string of the molecule is COCCc1nc2c(N)nc3ccccc3c2n1CCCCNC(=O)CCCC(=O)c1cccs1. The largest absolute Gasteiger partial charge is 0.384 e. The van der Waals surface area contributed by atoms with E-state index < -0.39 is 0 Å². The Morgan fingerprint density at radius 1 is 1.09 bits per heavy atom. The van der Waals surface area contributed by atoms with Crippen molar-refractivity contribution < 1.29 is 14.3 Å². The number of methoxy groups -OCH3 is 1. The number of hydrogen-bond donors (Lipinski definition) is 2. The van der Waals surface area contributed by atoms with Crippen molar-refractivity contribution in [3.8, 4) is 0 Å². The van der Waals surface area contributed by atoms with Gasteiger partial charge in [-0.3, -0.25) is 9.59 Å². The van der Waals surface area contributed by atoms with E-state index in [4.69, 9.17) is 15.5 Å². The Kier molecular flexibility index (Phi) is 8.44. The first-order chi connectivity index (χ1) is 17.1. The molecule has 4 aromatic rings. The Hall–Kier alpha value is -3.30. The lowest BCUT2D eigenvalue weighted by atomic mass is 10.1. The Bertz CT molecular complexity index is 1300. The lowest BCUT2D eigenvalue weighted by Gasteiger charge is -2.11. The number of nitrogen functional groups attached to an aromatic ring is 1. The van der Waals surface area contributed by atoms with Crippen LogP contribution in [-0.4, -0.2) is 46.5 Å². The number of thiophene rings is 1. The summed E-state index contributed by atoms with van der Waals surface area (Å²) >= 11 is 1.44. The van der Waals surface area contributed by atoms with Gasteiger partial charge in [0.2, 0.25) is 5.91 Å². The first kappa shape index (κ1) is 24.8. The molecule has 9 heteroatoms. The zero-order chi connectivity index (χ0) is 24.6. The summed E-state index contributed by atoms with van der Waals surface area (Å²) in [5.41, 5.74) is 8.81. The number of ether oxygens (including phenoxy) is 1. The lowest BCUT2D eigenvalue weighted by molar-refractivity contribution is -0.121. The Morgan fingerprint density at radius 2 is 1.94 bits per heavy atom. The summed E-state index contributed by atoms with van der Waals surface area (Å²) in [6, 6.07) is 11.6. The number of fused-ring (bicyclic) bond motifs is 3. The summed E-state index contributed by atoms with van der Waals surface area (Å²) < 4.78 is 7.50. The second-order valence-corrected chi connectivity index (χ2v) is 9.39. The number of carbonyl (C=O) groups is 2. The fraction of sp³-hybridized carbons (Fsp3) is 0.385. The second kappa shape index (κ2) is 11.9. The van der Waals surface area contributed by atoms with E-state index in [1.165, 1.54) is 11.3 Å². The number of nitrogens with two attached hydrogens (primary N) is 1. The minimum atomic E-state index is -0.0114. The van der Waals surface area contributed by atoms with E-state index in [0.717, 1.165) is 52.0 Å². The average Bonchev–Trinajstić information content (AvgIpc) is 3.52. The highest BCUT2D eigenvalue weighted by Gasteiger charge is 2.17. The third-order valence-electron chi connectivity index (χ3n) is 5.95. The number of amides is 1. The van der Waals surface area contributed by atoms with Crippen LogP contribution >= 0.6 is 11.3 Å². The first-order valence-corrected chi connectivity index (χ1v) is 12.8. The number of rotatable bonds is 13. The average molecular weight is 494 g/mol. The highest BCUT2D eigenvalue weighted by molar-refractivity contribution is 7.12. The molecule has 0 radical (unpaired) electrons. The predicted molar refractivity (Wildman–Crippen MR) is 140 cm³/mol. The molecule has 0 aliphatic carbocycles. The van der Waals surface area contributed by atoms with Crippen LogP contribution in [0.4, 0.5) is 5.82 Å². The molecule has 184 valence electrons. The van der Waals surface area contributed by atoms with Crippen LogP contribution in [0, 0.1) is 0 Å². The molecular formula is C26H31N5O3S. The minimum absolute atomic E-state index is 0.0114. The van der Waals surface area contributed by atoms with Crippen molar-refractivity contribution in [3.63, 3.8) is 0 Å². The molecule has 0 atom stereocenters. The van der Waals surface area contributed by atoms with Gasteiger partial charge in [-0.05, 0) is 36.8 Å². The van der Waals surface area contributed by atoms with Crippen LogP contribution in [0.3, 0.4) is 0 Å². The smallest absolute Gasteiger partial charge is 0.220 e. The van der Waals surface area contributed by atoms with Gasteiger partial charge in [-0.15, -0.1) is 11.3 Å². The summed E-state index contributed by atoms with van der Waals surface area (Å²) in [6.07, 6.45) is 3.72. The van der Waals surface area contributed by atoms with E-state index in [2.05, 4.69) is 14.9 Å². The summed E-state index contributed by atoms with van der Waals surface area (Å²) in [4.78, 5) is 34.3. The molecule has 0 unspecified atom stereocenters. The van der Waals surface area contributed by atoms with Gasteiger partial charge in [-0.2, -0.15) is 0 Å². The maximum absolute atomic E-state index is 12.2. The van der Waals surface area contributed by atoms with Crippen LogP contribution in [0.15, 0.2) is 41.8 Å². The molecular weight excluding hydrogens is 462 g/mol. The predicted octanol–water partition coefficient (Wildman–Crippen LogP) is 4.37. The molecule has 0 saturated heterocycles. The molecule has 0 aliphatic rings. The van der Waals surface area contributed by atoms with E-state index in [-0.39, 0.29) is 11.7 Å². The van der Waals surface area contributed by atoms with Gasteiger partial charge in [0.1, 0.15) is 11.3 Å². The quantitative estimate of drug-likeness (QED) is 0.211. The Morgan fingerprint density at radius 3 is 2.74 bits per heavy atom. The summed E-state index contributed by atoms with van der Waals surface area (Å²) in [7, 11) is 1.68. The molecule has 3 N–H and O–H groups in total. The number of Topliss-reactive ketones (excluding diaryl/α,β-unsaturated/α-hetero) is 1.